The molecule has 5 nitrogen and oxygen atoms in total. The SMILES string of the molecule is O=S(=O)(c1ccccn1)c1ncccn1. The van der Waals surface area contributed by atoms with E-state index >= 15 is 0 Å². The minimum atomic E-state index is -3.67. The lowest BCUT2D eigenvalue weighted by Crippen LogP contribution is -2.07. The summed E-state index contributed by atoms with van der Waals surface area (Å²) in [7, 11) is -3.67. The molecule has 0 aliphatic rings. The van der Waals surface area contributed by atoms with Crippen molar-refractivity contribution in [3.63, 3.8) is 0 Å². The van der Waals surface area contributed by atoms with E-state index in [9.17, 15) is 8.42 Å². The Hall–Kier alpha value is -1.82. The number of hydrogen-bond donors (Lipinski definition) is 0. The predicted octanol–water partition coefficient (Wildman–Crippen LogP) is 0.704. The molecule has 2 aromatic heterocycles. The maximum absolute atomic E-state index is 11.8. The quantitative estimate of drug-likeness (QED) is 0.698. The molecular weight excluding hydrogens is 214 g/mol. The third-order valence-corrected chi connectivity index (χ3v) is 3.18. The van der Waals surface area contributed by atoms with Gasteiger partial charge in [0.25, 0.3) is 15.0 Å². The van der Waals surface area contributed by atoms with E-state index in [1.807, 2.05) is 0 Å². The lowest BCUT2D eigenvalue weighted by molar-refractivity contribution is 0.583. The van der Waals surface area contributed by atoms with Gasteiger partial charge in [-0.2, -0.15) is 0 Å². The Labute approximate surface area is 86.8 Å². The molecule has 76 valence electrons. The molecule has 0 aliphatic heterocycles. The summed E-state index contributed by atoms with van der Waals surface area (Å²) < 4.78 is 23.7. The molecule has 0 aromatic carbocycles. The van der Waals surface area contributed by atoms with Crippen molar-refractivity contribution >= 4 is 9.84 Å². The summed E-state index contributed by atoms with van der Waals surface area (Å²) in [5.41, 5.74) is 0. The van der Waals surface area contributed by atoms with Gasteiger partial charge in [-0.1, -0.05) is 6.07 Å². The standard InChI is InChI=1S/C9H7N3O2S/c13-15(14,8-4-1-2-5-10-8)9-11-6-3-7-12-9/h1-7H. The van der Waals surface area contributed by atoms with E-state index in [1.54, 1.807) is 18.2 Å². The van der Waals surface area contributed by atoms with E-state index < -0.39 is 9.84 Å². The highest BCUT2D eigenvalue weighted by Gasteiger charge is 2.21. The molecule has 15 heavy (non-hydrogen) atoms. The summed E-state index contributed by atoms with van der Waals surface area (Å²) >= 11 is 0. The van der Waals surface area contributed by atoms with Crippen LogP contribution in [-0.4, -0.2) is 23.4 Å². The minimum absolute atomic E-state index is 0.0452. The third kappa shape index (κ3) is 1.84. The fraction of sp³-hybridized carbons (Fsp3) is 0. The van der Waals surface area contributed by atoms with Crippen LogP contribution in [0, 0.1) is 0 Å². The van der Waals surface area contributed by atoms with Gasteiger partial charge in [0.2, 0.25) is 0 Å². The first-order chi connectivity index (χ1) is 7.21. The van der Waals surface area contributed by atoms with Crippen LogP contribution >= 0.6 is 0 Å². The van der Waals surface area contributed by atoms with Crippen molar-refractivity contribution in [3.8, 4) is 0 Å². The molecule has 2 rings (SSSR count). The molecule has 0 bridgehead atoms. The summed E-state index contributed by atoms with van der Waals surface area (Å²) in [6.07, 6.45) is 4.17. The molecule has 0 radical (unpaired) electrons. The van der Waals surface area contributed by atoms with Gasteiger partial charge in [-0.3, -0.25) is 0 Å². The van der Waals surface area contributed by atoms with Crippen LogP contribution in [0.2, 0.25) is 0 Å². The van der Waals surface area contributed by atoms with Gasteiger partial charge >= 0.3 is 0 Å². The number of hydrogen-bond acceptors (Lipinski definition) is 5. The topological polar surface area (TPSA) is 72.8 Å². The fourth-order valence-electron chi connectivity index (χ4n) is 1.02. The molecule has 6 heteroatoms. The zero-order valence-electron chi connectivity index (χ0n) is 7.61. The summed E-state index contributed by atoms with van der Waals surface area (Å²) in [5, 5.41) is -0.278. The lowest BCUT2D eigenvalue weighted by Gasteiger charge is -1.99. The first kappa shape index (κ1) is 9.72. The second kappa shape index (κ2) is 3.74. The first-order valence-corrected chi connectivity index (χ1v) is 5.63. The van der Waals surface area contributed by atoms with Gasteiger partial charge in [-0.25, -0.2) is 23.4 Å². The van der Waals surface area contributed by atoms with Crippen LogP contribution in [0.3, 0.4) is 0 Å². The van der Waals surface area contributed by atoms with Gasteiger partial charge in [0, 0.05) is 18.6 Å². The normalized spacial score (nSPS) is 11.2. The number of aromatic nitrogens is 3. The van der Waals surface area contributed by atoms with Gasteiger partial charge in [0.05, 0.1) is 0 Å². The number of sulfone groups is 1. The fourth-order valence-corrected chi connectivity index (χ4v) is 2.07. The minimum Gasteiger partial charge on any atom is -0.244 e. The molecule has 0 spiro atoms. The van der Waals surface area contributed by atoms with E-state index in [0.29, 0.717) is 0 Å². The summed E-state index contributed by atoms with van der Waals surface area (Å²) in [6, 6.07) is 6.21. The lowest BCUT2D eigenvalue weighted by atomic mass is 10.5. The van der Waals surface area contributed by atoms with Crippen LogP contribution in [0.25, 0.3) is 0 Å². The second-order valence-corrected chi connectivity index (χ2v) is 4.49. The molecule has 0 saturated carbocycles. The van der Waals surface area contributed by atoms with Crippen molar-refractivity contribution in [1.29, 1.82) is 0 Å². The van der Waals surface area contributed by atoms with Crippen molar-refractivity contribution < 1.29 is 8.42 Å². The Balaban J connectivity index is 2.55. The highest BCUT2D eigenvalue weighted by atomic mass is 32.2. The number of nitrogens with zero attached hydrogens (tertiary/aromatic N) is 3. The average Bonchev–Trinajstić information content (AvgIpc) is 2.31. The molecule has 2 aromatic rings. The zero-order valence-corrected chi connectivity index (χ0v) is 8.42. The molecule has 0 atom stereocenters. The molecule has 0 N–H and O–H groups in total. The third-order valence-electron chi connectivity index (χ3n) is 1.70. The Morgan fingerprint density at radius 1 is 0.867 bits per heavy atom. The predicted molar refractivity (Wildman–Crippen MR) is 51.7 cm³/mol. The molecular formula is C9H7N3O2S. The van der Waals surface area contributed by atoms with E-state index in [2.05, 4.69) is 15.0 Å². The van der Waals surface area contributed by atoms with Gasteiger partial charge < -0.3 is 0 Å². The van der Waals surface area contributed by atoms with Crippen molar-refractivity contribution in [2.75, 3.05) is 0 Å². The number of pyridine rings is 1. The van der Waals surface area contributed by atoms with E-state index in [1.165, 1.54) is 24.7 Å². The van der Waals surface area contributed by atoms with Crippen molar-refractivity contribution in [3.05, 3.63) is 42.9 Å². The summed E-state index contributed by atoms with van der Waals surface area (Å²) in [4.78, 5) is 11.1. The Bertz CT molecular complexity index is 495. The highest BCUT2D eigenvalue weighted by Crippen LogP contribution is 2.12. The van der Waals surface area contributed by atoms with Crippen LogP contribution in [0.15, 0.2) is 53.0 Å². The highest BCUT2D eigenvalue weighted by molar-refractivity contribution is 7.91. The number of rotatable bonds is 2. The Kier molecular flexibility index (Phi) is 2.42. The summed E-state index contributed by atoms with van der Waals surface area (Å²) in [5.74, 6) is 0. The van der Waals surface area contributed by atoms with Crippen LogP contribution in [0.5, 0.6) is 0 Å². The maximum Gasteiger partial charge on any atom is 0.259 e. The van der Waals surface area contributed by atoms with E-state index in [4.69, 9.17) is 0 Å². The van der Waals surface area contributed by atoms with Crippen molar-refractivity contribution in [2.45, 2.75) is 10.2 Å². The maximum atomic E-state index is 11.8. The molecule has 0 amide bonds. The molecule has 0 fully saturated rings. The van der Waals surface area contributed by atoms with Crippen LogP contribution in [-0.2, 0) is 9.84 Å². The smallest absolute Gasteiger partial charge is 0.244 e. The second-order valence-electron chi connectivity index (χ2n) is 2.70. The molecule has 0 unspecified atom stereocenters. The largest absolute Gasteiger partial charge is 0.259 e. The van der Waals surface area contributed by atoms with Gasteiger partial charge in [-0.15, -0.1) is 0 Å². The zero-order chi connectivity index (χ0) is 10.7. The average molecular weight is 221 g/mol. The van der Waals surface area contributed by atoms with Gasteiger partial charge in [0.15, 0.2) is 5.03 Å². The summed E-state index contributed by atoms with van der Waals surface area (Å²) in [6.45, 7) is 0. The molecule has 0 aliphatic carbocycles. The first-order valence-electron chi connectivity index (χ1n) is 4.14. The van der Waals surface area contributed by atoms with Crippen molar-refractivity contribution in [2.24, 2.45) is 0 Å². The molecule has 0 saturated heterocycles. The van der Waals surface area contributed by atoms with Crippen LogP contribution < -0.4 is 0 Å². The Morgan fingerprint density at radius 3 is 2.13 bits per heavy atom. The van der Waals surface area contributed by atoms with Gasteiger partial charge in [-0.05, 0) is 18.2 Å². The van der Waals surface area contributed by atoms with Crippen molar-refractivity contribution in [1.82, 2.24) is 15.0 Å². The van der Waals surface area contributed by atoms with Crippen LogP contribution in [0.1, 0.15) is 0 Å². The van der Waals surface area contributed by atoms with E-state index in [-0.39, 0.29) is 10.2 Å². The van der Waals surface area contributed by atoms with Gasteiger partial charge in [0.1, 0.15) is 0 Å². The monoisotopic (exact) mass is 221 g/mol. The Morgan fingerprint density at radius 2 is 1.53 bits per heavy atom. The van der Waals surface area contributed by atoms with Crippen LogP contribution in [0.4, 0.5) is 0 Å². The molecule has 2 heterocycles. The van der Waals surface area contributed by atoms with E-state index in [0.717, 1.165) is 0 Å².